The van der Waals surface area contributed by atoms with Crippen LogP contribution in [0.2, 0.25) is 0 Å². The lowest BCUT2D eigenvalue weighted by atomic mass is 10.3. The minimum absolute atomic E-state index is 0.314. The maximum atomic E-state index is 10.6. The highest BCUT2D eigenvalue weighted by atomic mass is 16.5. The van der Waals surface area contributed by atoms with E-state index in [0.29, 0.717) is 0 Å². The molecule has 1 N–H and O–H groups in total. The van der Waals surface area contributed by atoms with Gasteiger partial charge in [-0.25, -0.2) is 4.79 Å². The average molecular weight is 143 g/mol. The Hall–Kier alpha value is -0.990. The second-order valence-electron chi connectivity index (χ2n) is 1.80. The zero-order valence-corrected chi connectivity index (χ0v) is 6.60. The fourth-order valence-corrected chi connectivity index (χ4v) is 0.552. The van der Waals surface area contributed by atoms with Crippen molar-refractivity contribution in [1.29, 1.82) is 0 Å². The van der Waals surface area contributed by atoms with Crippen molar-refractivity contribution in [3.05, 3.63) is 11.8 Å². The monoisotopic (exact) mass is 143 g/mol. The van der Waals surface area contributed by atoms with Crippen LogP contribution in [0.5, 0.6) is 0 Å². The highest BCUT2D eigenvalue weighted by Crippen LogP contribution is 1.93. The van der Waals surface area contributed by atoms with Crippen LogP contribution in [0.15, 0.2) is 11.8 Å². The Morgan fingerprint density at radius 2 is 2.30 bits per heavy atom. The summed E-state index contributed by atoms with van der Waals surface area (Å²) in [7, 11) is 3.14. The van der Waals surface area contributed by atoms with Crippen LogP contribution in [-0.2, 0) is 9.53 Å². The van der Waals surface area contributed by atoms with Gasteiger partial charge in [-0.1, -0.05) is 6.92 Å². The number of methoxy groups -OCH3 is 1. The van der Waals surface area contributed by atoms with Crippen LogP contribution >= 0.6 is 0 Å². The number of carbonyl (C=O) groups is 1. The fraction of sp³-hybridized carbons (Fsp3) is 0.571. The van der Waals surface area contributed by atoms with E-state index in [1.54, 1.807) is 7.05 Å². The Balaban J connectivity index is 3.96. The van der Waals surface area contributed by atoms with Gasteiger partial charge in [0, 0.05) is 18.8 Å². The van der Waals surface area contributed by atoms with Gasteiger partial charge in [0.1, 0.15) is 0 Å². The van der Waals surface area contributed by atoms with Gasteiger partial charge in [0.25, 0.3) is 0 Å². The summed E-state index contributed by atoms with van der Waals surface area (Å²) in [5, 5.41) is 2.88. The third kappa shape index (κ3) is 3.12. The first-order chi connectivity index (χ1) is 4.74. The highest BCUT2D eigenvalue weighted by molar-refractivity contribution is 5.82. The summed E-state index contributed by atoms with van der Waals surface area (Å²) < 4.78 is 4.43. The first kappa shape index (κ1) is 9.01. The Bertz CT molecular complexity index is 135. The first-order valence-electron chi connectivity index (χ1n) is 3.20. The van der Waals surface area contributed by atoms with Crippen molar-refractivity contribution in [2.45, 2.75) is 13.3 Å². The van der Waals surface area contributed by atoms with Crippen molar-refractivity contribution in [2.75, 3.05) is 14.2 Å². The van der Waals surface area contributed by atoms with Crippen molar-refractivity contribution in [3.8, 4) is 0 Å². The smallest absolute Gasteiger partial charge is 0.332 e. The van der Waals surface area contributed by atoms with E-state index >= 15 is 0 Å². The molecule has 0 spiro atoms. The number of hydrogen-bond donors (Lipinski definition) is 1. The van der Waals surface area contributed by atoms with E-state index in [9.17, 15) is 4.79 Å². The Labute approximate surface area is 61.1 Å². The number of rotatable bonds is 3. The summed E-state index contributed by atoms with van der Waals surface area (Å²) in [5.41, 5.74) is 0.881. The molecule has 0 saturated heterocycles. The maximum absolute atomic E-state index is 10.6. The molecule has 0 bridgehead atoms. The molecule has 0 aromatic heterocycles. The van der Waals surface area contributed by atoms with E-state index in [0.717, 1.165) is 12.1 Å². The molecular formula is C7H13NO2. The molecular weight excluding hydrogens is 130 g/mol. The number of hydrogen-bond acceptors (Lipinski definition) is 3. The first-order valence-corrected chi connectivity index (χ1v) is 3.20. The third-order valence-corrected chi connectivity index (χ3v) is 1.20. The summed E-state index contributed by atoms with van der Waals surface area (Å²) in [5.74, 6) is -0.314. The normalized spacial score (nSPS) is 10.9. The molecule has 0 radical (unpaired) electrons. The molecule has 58 valence electrons. The Morgan fingerprint density at radius 3 is 2.60 bits per heavy atom. The van der Waals surface area contributed by atoms with Gasteiger partial charge in [-0.2, -0.15) is 0 Å². The number of carbonyl (C=O) groups excluding carboxylic acids is 1. The molecule has 3 nitrogen and oxygen atoms in total. The van der Waals surface area contributed by atoms with Crippen molar-refractivity contribution >= 4 is 5.97 Å². The molecule has 0 aliphatic rings. The molecule has 0 saturated carbocycles. The topological polar surface area (TPSA) is 38.3 Å². The molecule has 0 heterocycles. The van der Waals surface area contributed by atoms with Gasteiger partial charge < -0.3 is 10.1 Å². The largest absolute Gasteiger partial charge is 0.466 e. The summed E-state index contributed by atoms with van der Waals surface area (Å²) in [6.45, 7) is 1.96. The minimum Gasteiger partial charge on any atom is -0.466 e. The Morgan fingerprint density at radius 1 is 1.70 bits per heavy atom. The van der Waals surface area contributed by atoms with E-state index in [2.05, 4.69) is 10.1 Å². The van der Waals surface area contributed by atoms with Gasteiger partial charge in [-0.15, -0.1) is 0 Å². The van der Waals surface area contributed by atoms with Gasteiger partial charge in [-0.3, -0.25) is 0 Å². The second-order valence-corrected chi connectivity index (χ2v) is 1.80. The molecule has 0 aliphatic heterocycles. The van der Waals surface area contributed by atoms with Crippen LogP contribution in [0.4, 0.5) is 0 Å². The van der Waals surface area contributed by atoms with Gasteiger partial charge in [0.15, 0.2) is 0 Å². The second kappa shape index (κ2) is 4.85. The van der Waals surface area contributed by atoms with Crippen LogP contribution in [0.1, 0.15) is 13.3 Å². The van der Waals surface area contributed by atoms with Gasteiger partial charge >= 0.3 is 5.97 Å². The van der Waals surface area contributed by atoms with E-state index in [1.165, 1.54) is 13.2 Å². The molecule has 0 amide bonds. The molecule has 0 aliphatic carbocycles. The number of allylic oxidation sites excluding steroid dienone is 1. The Kier molecular flexibility index (Phi) is 4.37. The van der Waals surface area contributed by atoms with E-state index in [4.69, 9.17) is 0 Å². The van der Waals surface area contributed by atoms with Gasteiger partial charge in [-0.05, 0) is 6.42 Å². The molecule has 0 rings (SSSR count). The molecule has 10 heavy (non-hydrogen) atoms. The predicted molar refractivity (Wildman–Crippen MR) is 39.4 cm³/mol. The number of nitrogens with one attached hydrogen (secondary N) is 1. The lowest BCUT2D eigenvalue weighted by Gasteiger charge is -2.00. The molecule has 0 aromatic carbocycles. The molecule has 3 heteroatoms. The van der Waals surface area contributed by atoms with Crippen LogP contribution in [0.3, 0.4) is 0 Å². The molecule has 0 unspecified atom stereocenters. The summed E-state index contributed by atoms with van der Waals surface area (Å²) >= 11 is 0. The zero-order chi connectivity index (χ0) is 7.98. The minimum atomic E-state index is -0.314. The van der Waals surface area contributed by atoms with Crippen LogP contribution < -0.4 is 5.32 Å². The van der Waals surface area contributed by atoms with Crippen LogP contribution in [0, 0.1) is 0 Å². The van der Waals surface area contributed by atoms with E-state index in [-0.39, 0.29) is 5.97 Å². The van der Waals surface area contributed by atoms with E-state index in [1.807, 2.05) is 6.92 Å². The molecule has 0 fully saturated rings. The summed E-state index contributed by atoms with van der Waals surface area (Å²) in [6.07, 6.45) is 2.26. The van der Waals surface area contributed by atoms with Crippen molar-refractivity contribution in [1.82, 2.24) is 5.32 Å². The number of ether oxygens (including phenoxy) is 1. The molecule has 0 aromatic rings. The number of esters is 1. The van der Waals surface area contributed by atoms with Crippen molar-refractivity contribution in [3.63, 3.8) is 0 Å². The lowest BCUT2D eigenvalue weighted by molar-refractivity contribution is -0.134. The van der Waals surface area contributed by atoms with Crippen LogP contribution in [-0.4, -0.2) is 20.1 Å². The highest BCUT2D eigenvalue weighted by Gasteiger charge is 1.95. The van der Waals surface area contributed by atoms with Crippen molar-refractivity contribution < 1.29 is 9.53 Å². The van der Waals surface area contributed by atoms with E-state index < -0.39 is 0 Å². The maximum Gasteiger partial charge on any atom is 0.332 e. The van der Waals surface area contributed by atoms with Crippen LogP contribution in [0.25, 0.3) is 0 Å². The third-order valence-electron chi connectivity index (χ3n) is 1.20. The standard InChI is InChI=1S/C7H13NO2/c1-4-6(8-2)5-7(9)10-3/h5,8H,4H2,1-3H3. The summed E-state index contributed by atoms with van der Waals surface area (Å²) in [6, 6.07) is 0. The lowest BCUT2D eigenvalue weighted by Crippen LogP contribution is -2.08. The zero-order valence-electron chi connectivity index (χ0n) is 6.60. The van der Waals surface area contributed by atoms with Crippen molar-refractivity contribution in [2.24, 2.45) is 0 Å². The van der Waals surface area contributed by atoms with Gasteiger partial charge in [0.2, 0.25) is 0 Å². The van der Waals surface area contributed by atoms with Gasteiger partial charge in [0.05, 0.1) is 7.11 Å². The SMILES string of the molecule is CCC(=CC(=O)OC)NC. The summed E-state index contributed by atoms with van der Waals surface area (Å²) in [4.78, 5) is 10.6. The quantitative estimate of drug-likeness (QED) is 0.466. The predicted octanol–water partition coefficient (Wildman–Crippen LogP) is 0.673. The fourth-order valence-electron chi connectivity index (χ4n) is 0.552. The molecule has 0 atom stereocenters. The average Bonchev–Trinajstić information content (AvgIpc) is 1.99.